The molecule has 0 saturated carbocycles. The highest BCUT2D eigenvalue weighted by molar-refractivity contribution is 7.99. The van der Waals surface area contributed by atoms with Gasteiger partial charge in [0.15, 0.2) is 5.16 Å². The van der Waals surface area contributed by atoms with E-state index in [4.69, 9.17) is 0 Å². The Hall–Kier alpha value is -2.19. The number of hydrogen-bond donors (Lipinski definition) is 1. The van der Waals surface area contributed by atoms with Gasteiger partial charge < -0.3 is 5.32 Å². The Morgan fingerprint density at radius 1 is 1.32 bits per heavy atom. The van der Waals surface area contributed by atoms with Crippen LogP contribution in [0.1, 0.15) is 25.6 Å². The predicted octanol–water partition coefficient (Wildman–Crippen LogP) is 4.21. The van der Waals surface area contributed by atoms with Gasteiger partial charge in [0.05, 0.1) is 11.1 Å². The van der Waals surface area contributed by atoms with E-state index in [1.165, 1.54) is 35.2 Å². The first-order chi connectivity index (χ1) is 13.3. The first kappa shape index (κ1) is 20.5. The summed E-state index contributed by atoms with van der Waals surface area (Å²) in [5.74, 6) is -0.208. The van der Waals surface area contributed by atoms with Crippen LogP contribution in [0.4, 0.5) is 4.39 Å². The Morgan fingerprint density at radius 2 is 2.00 bits per heavy atom. The van der Waals surface area contributed by atoms with Gasteiger partial charge in [0.25, 0.3) is 5.56 Å². The van der Waals surface area contributed by atoms with Crippen molar-refractivity contribution < 1.29 is 9.18 Å². The third-order valence-electron chi connectivity index (χ3n) is 4.18. The van der Waals surface area contributed by atoms with E-state index < -0.39 is 0 Å². The zero-order chi connectivity index (χ0) is 20.4. The van der Waals surface area contributed by atoms with Crippen LogP contribution in [0.3, 0.4) is 0 Å². The number of rotatable bonds is 6. The lowest BCUT2D eigenvalue weighted by Gasteiger charge is -2.11. The van der Waals surface area contributed by atoms with Crippen molar-refractivity contribution in [2.24, 2.45) is 0 Å². The van der Waals surface area contributed by atoms with E-state index in [1.54, 1.807) is 16.7 Å². The number of carbonyl (C=O) groups excluding carboxylic acids is 1. The molecule has 0 atom stereocenters. The Labute approximate surface area is 171 Å². The topological polar surface area (TPSA) is 64.0 Å². The van der Waals surface area contributed by atoms with Gasteiger partial charge >= 0.3 is 0 Å². The Bertz CT molecular complexity index is 1070. The van der Waals surface area contributed by atoms with Crippen LogP contribution < -0.4 is 10.9 Å². The fourth-order valence-electron chi connectivity index (χ4n) is 3.02. The van der Waals surface area contributed by atoms with E-state index in [-0.39, 0.29) is 29.1 Å². The molecule has 1 aromatic carbocycles. The van der Waals surface area contributed by atoms with Crippen molar-refractivity contribution in [3.05, 3.63) is 45.3 Å². The zero-order valence-corrected chi connectivity index (χ0v) is 17.8. The number of thiophene rings is 1. The van der Waals surface area contributed by atoms with Crippen molar-refractivity contribution in [1.29, 1.82) is 0 Å². The molecular weight excluding hydrogens is 397 g/mol. The molecule has 0 unspecified atom stereocenters. The lowest BCUT2D eigenvalue weighted by Crippen LogP contribution is -2.32. The number of aryl methyl sites for hydroxylation is 1. The minimum absolute atomic E-state index is 0.0649. The molecule has 0 fully saturated rings. The van der Waals surface area contributed by atoms with Crippen molar-refractivity contribution in [1.82, 2.24) is 14.9 Å². The number of amides is 1. The minimum Gasteiger partial charge on any atom is -0.353 e. The molecule has 2 aromatic heterocycles. The summed E-state index contributed by atoms with van der Waals surface area (Å²) in [5, 5.41) is 3.92. The monoisotopic (exact) mass is 419 g/mol. The third-order valence-corrected chi connectivity index (χ3v) is 6.16. The molecule has 3 aromatic rings. The van der Waals surface area contributed by atoms with Crippen LogP contribution in [0.2, 0.25) is 0 Å². The lowest BCUT2D eigenvalue weighted by atomic mass is 10.0. The maximum Gasteiger partial charge on any atom is 0.263 e. The number of benzene rings is 1. The van der Waals surface area contributed by atoms with Crippen LogP contribution in [0.5, 0.6) is 0 Å². The van der Waals surface area contributed by atoms with E-state index in [0.717, 1.165) is 16.0 Å². The van der Waals surface area contributed by atoms with Crippen LogP contribution in [-0.2, 0) is 11.3 Å². The summed E-state index contributed by atoms with van der Waals surface area (Å²) in [6, 6.07) is 6.20. The van der Waals surface area contributed by atoms with Crippen molar-refractivity contribution in [3.63, 3.8) is 0 Å². The van der Waals surface area contributed by atoms with Gasteiger partial charge in [0.2, 0.25) is 5.91 Å². The summed E-state index contributed by atoms with van der Waals surface area (Å²) in [4.78, 5) is 31.5. The highest BCUT2D eigenvalue weighted by Crippen LogP contribution is 2.36. The normalized spacial score (nSPS) is 11.4. The molecule has 1 amide bonds. The molecule has 0 aliphatic heterocycles. The van der Waals surface area contributed by atoms with E-state index in [1.807, 2.05) is 27.7 Å². The second-order valence-corrected chi connectivity index (χ2v) is 8.82. The maximum atomic E-state index is 13.3. The van der Waals surface area contributed by atoms with Gasteiger partial charge in [0.1, 0.15) is 10.6 Å². The maximum absolute atomic E-state index is 13.3. The summed E-state index contributed by atoms with van der Waals surface area (Å²) in [7, 11) is 0. The molecule has 0 aliphatic rings. The molecule has 148 valence electrons. The molecule has 1 N–H and O–H groups in total. The highest BCUT2D eigenvalue weighted by atomic mass is 32.2. The molecule has 0 spiro atoms. The molecule has 0 bridgehead atoms. The third kappa shape index (κ3) is 4.12. The summed E-state index contributed by atoms with van der Waals surface area (Å²) in [6.07, 6.45) is 0. The second-order valence-electron chi connectivity index (χ2n) is 6.67. The van der Waals surface area contributed by atoms with Crippen molar-refractivity contribution in [2.75, 3.05) is 5.75 Å². The Kier molecular flexibility index (Phi) is 6.20. The molecule has 0 saturated heterocycles. The van der Waals surface area contributed by atoms with E-state index >= 15 is 0 Å². The van der Waals surface area contributed by atoms with Crippen LogP contribution in [0.25, 0.3) is 21.3 Å². The summed E-state index contributed by atoms with van der Waals surface area (Å²) in [5.41, 5.74) is 1.46. The number of thioether (sulfide) groups is 1. The quantitative estimate of drug-likeness (QED) is 0.480. The number of nitrogens with zero attached hydrogens (tertiary/aromatic N) is 2. The van der Waals surface area contributed by atoms with Crippen LogP contribution >= 0.6 is 23.1 Å². The first-order valence-corrected chi connectivity index (χ1v) is 10.8. The molecular formula is C20H22FN3O2S2. The average Bonchev–Trinajstić information content (AvgIpc) is 2.96. The largest absolute Gasteiger partial charge is 0.353 e. The van der Waals surface area contributed by atoms with Gasteiger partial charge in [-0.15, -0.1) is 11.3 Å². The SMILES string of the molecule is CCn1c(SCC(=O)NC(C)C)nc2sc(C)c(-c3ccc(F)cc3)c2c1=O. The lowest BCUT2D eigenvalue weighted by molar-refractivity contribution is -0.119. The summed E-state index contributed by atoms with van der Waals surface area (Å²) >= 11 is 2.70. The number of hydrogen-bond acceptors (Lipinski definition) is 5. The van der Waals surface area contributed by atoms with Crippen molar-refractivity contribution in [3.8, 4) is 11.1 Å². The number of aromatic nitrogens is 2. The van der Waals surface area contributed by atoms with Crippen LogP contribution in [0.15, 0.2) is 34.2 Å². The molecule has 28 heavy (non-hydrogen) atoms. The van der Waals surface area contributed by atoms with Gasteiger partial charge in [-0.3, -0.25) is 14.2 Å². The first-order valence-electron chi connectivity index (χ1n) is 9.03. The standard InChI is InChI=1S/C20H22FN3O2S2/c1-5-24-19(26)17-16(13-6-8-14(21)9-7-13)12(4)28-18(17)23-20(24)27-10-15(25)22-11(2)3/h6-9,11H,5,10H2,1-4H3,(H,22,25). The number of fused-ring (bicyclic) bond motifs is 1. The summed E-state index contributed by atoms with van der Waals surface area (Å²) < 4.78 is 14.9. The van der Waals surface area contributed by atoms with Gasteiger partial charge in [-0.2, -0.15) is 0 Å². The van der Waals surface area contributed by atoms with Crippen molar-refractivity contribution in [2.45, 2.75) is 45.4 Å². The number of halogens is 1. The van der Waals surface area contributed by atoms with Gasteiger partial charge in [-0.05, 0) is 45.4 Å². The minimum atomic E-state index is -0.316. The second kappa shape index (κ2) is 8.45. The van der Waals surface area contributed by atoms with Gasteiger partial charge in [-0.1, -0.05) is 23.9 Å². The number of carbonyl (C=O) groups is 1. The van der Waals surface area contributed by atoms with Crippen molar-refractivity contribution >= 4 is 39.2 Å². The van der Waals surface area contributed by atoms with E-state index in [0.29, 0.717) is 21.9 Å². The van der Waals surface area contributed by atoms with Gasteiger partial charge in [0, 0.05) is 23.0 Å². The molecule has 8 heteroatoms. The fraction of sp³-hybridized carbons (Fsp3) is 0.350. The van der Waals surface area contributed by atoms with Gasteiger partial charge in [-0.25, -0.2) is 9.37 Å². The average molecular weight is 420 g/mol. The molecule has 2 heterocycles. The smallest absolute Gasteiger partial charge is 0.263 e. The Morgan fingerprint density at radius 3 is 2.61 bits per heavy atom. The van der Waals surface area contributed by atoms with Crippen LogP contribution in [-0.4, -0.2) is 27.3 Å². The molecule has 0 radical (unpaired) electrons. The summed E-state index contributed by atoms with van der Waals surface area (Å²) in [6.45, 7) is 8.07. The van der Waals surface area contributed by atoms with Crippen LogP contribution in [0, 0.1) is 12.7 Å². The van der Waals surface area contributed by atoms with E-state index in [2.05, 4.69) is 10.3 Å². The fourth-order valence-corrected chi connectivity index (χ4v) is 4.98. The highest BCUT2D eigenvalue weighted by Gasteiger charge is 2.20. The molecule has 3 rings (SSSR count). The zero-order valence-electron chi connectivity index (χ0n) is 16.2. The molecule has 0 aliphatic carbocycles. The number of nitrogens with one attached hydrogen (secondary N) is 1. The van der Waals surface area contributed by atoms with E-state index in [9.17, 15) is 14.0 Å². The Balaban J connectivity index is 2.07. The molecule has 5 nitrogen and oxygen atoms in total. The predicted molar refractivity (Wildman–Crippen MR) is 114 cm³/mol.